The van der Waals surface area contributed by atoms with E-state index in [-0.39, 0.29) is 11.2 Å². The quantitative estimate of drug-likeness (QED) is 0.814. The topological polar surface area (TPSA) is 80.4 Å². The van der Waals surface area contributed by atoms with Crippen molar-refractivity contribution in [2.24, 2.45) is 5.41 Å². The predicted octanol–water partition coefficient (Wildman–Crippen LogP) is 3.40. The van der Waals surface area contributed by atoms with Crippen LogP contribution in [0.3, 0.4) is 0 Å². The van der Waals surface area contributed by atoms with Gasteiger partial charge in [0.15, 0.2) is 0 Å². The van der Waals surface area contributed by atoms with E-state index in [0.717, 1.165) is 5.69 Å². The molecule has 118 valence electrons. The monoisotopic (exact) mass is 313 g/mol. The molecule has 0 bridgehead atoms. The Morgan fingerprint density at radius 1 is 1.38 bits per heavy atom. The number of allylic oxidation sites excluding steroid dienone is 1. The van der Waals surface area contributed by atoms with Gasteiger partial charge < -0.3 is 4.42 Å². The predicted molar refractivity (Wildman–Crippen MR) is 81.6 cm³/mol. The lowest BCUT2D eigenvalue weighted by Crippen LogP contribution is -2.05. The van der Waals surface area contributed by atoms with E-state index < -0.39 is 10.1 Å². The molecule has 1 aromatic heterocycles. The minimum Gasteiger partial charge on any atom is -0.442 e. The standard InChI is InChI=1S/C15H23NO4S/c1-12-13(6-5-11-21(17,18)19)16-14(20-12)7-10-15(2)8-3-4-9-15/h7,10H,3-6,8-9,11H2,1-2H3,(H,17,18,19)/b10-7+. The molecule has 0 aliphatic heterocycles. The molecule has 1 aliphatic carbocycles. The van der Waals surface area contributed by atoms with Crippen molar-refractivity contribution in [3.8, 4) is 0 Å². The number of hydrogen-bond acceptors (Lipinski definition) is 4. The molecular weight excluding hydrogens is 290 g/mol. The van der Waals surface area contributed by atoms with Crippen LogP contribution in [0.1, 0.15) is 56.4 Å². The average Bonchev–Trinajstić information content (AvgIpc) is 2.94. The lowest BCUT2D eigenvalue weighted by Gasteiger charge is -2.16. The highest BCUT2D eigenvalue weighted by atomic mass is 32.2. The van der Waals surface area contributed by atoms with Gasteiger partial charge in [0.2, 0.25) is 5.89 Å². The summed E-state index contributed by atoms with van der Waals surface area (Å²) >= 11 is 0. The van der Waals surface area contributed by atoms with Gasteiger partial charge in [0.05, 0.1) is 11.4 Å². The van der Waals surface area contributed by atoms with Crippen LogP contribution in [0.5, 0.6) is 0 Å². The van der Waals surface area contributed by atoms with Gasteiger partial charge in [-0.1, -0.05) is 25.8 Å². The Labute approximate surface area is 126 Å². The summed E-state index contributed by atoms with van der Waals surface area (Å²) in [6.07, 6.45) is 9.86. The van der Waals surface area contributed by atoms with Crippen molar-refractivity contribution < 1.29 is 17.4 Å². The van der Waals surface area contributed by atoms with Crippen molar-refractivity contribution in [2.75, 3.05) is 5.75 Å². The second-order valence-corrected chi connectivity index (χ2v) is 7.71. The Morgan fingerprint density at radius 2 is 2.05 bits per heavy atom. The third kappa shape index (κ3) is 4.97. The maximum Gasteiger partial charge on any atom is 0.264 e. The molecule has 0 saturated heterocycles. The summed E-state index contributed by atoms with van der Waals surface area (Å²) in [5.74, 6) is 1.03. The number of rotatable bonds is 6. The van der Waals surface area contributed by atoms with Crippen LogP contribution in [-0.4, -0.2) is 23.7 Å². The Hall–Kier alpha value is -1.14. The molecule has 1 aliphatic rings. The summed E-state index contributed by atoms with van der Waals surface area (Å²) in [5.41, 5.74) is 1.00. The molecule has 0 aromatic carbocycles. The molecule has 21 heavy (non-hydrogen) atoms. The molecular formula is C15H23NO4S. The van der Waals surface area contributed by atoms with Gasteiger partial charge in [0, 0.05) is 0 Å². The first-order valence-electron chi connectivity index (χ1n) is 7.38. The first-order chi connectivity index (χ1) is 9.77. The molecule has 0 amide bonds. The minimum atomic E-state index is -3.90. The average molecular weight is 313 g/mol. The Kier molecular flexibility index (Phi) is 4.88. The summed E-state index contributed by atoms with van der Waals surface area (Å²) in [5, 5.41) is 0. The van der Waals surface area contributed by atoms with Crippen molar-refractivity contribution in [2.45, 2.75) is 52.4 Å². The highest BCUT2D eigenvalue weighted by Gasteiger charge is 2.25. The molecule has 2 rings (SSSR count). The Balaban J connectivity index is 1.97. The second-order valence-electron chi connectivity index (χ2n) is 6.14. The smallest absolute Gasteiger partial charge is 0.264 e. The van der Waals surface area contributed by atoms with E-state index in [9.17, 15) is 8.42 Å². The van der Waals surface area contributed by atoms with Crippen LogP contribution in [0.25, 0.3) is 6.08 Å². The van der Waals surface area contributed by atoms with Gasteiger partial charge in [0.1, 0.15) is 5.76 Å². The molecule has 0 atom stereocenters. The molecule has 0 unspecified atom stereocenters. The maximum atomic E-state index is 10.7. The van der Waals surface area contributed by atoms with E-state index in [1.807, 2.05) is 13.0 Å². The number of oxazole rings is 1. The van der Waals surface area contributed by atoms with Gasteiger partial charge in [-0.2, -0.15) is 8.42 Å². The van der Waals surface area contributed by atoms with Crippen LogP contribution in [0.4, 0.5) is 0 Å². The van der Waals surface area contributed by atoms with Crippen LogP contribution < -0.4 is 0 Å². The van der Waals surface area contributed by atoms with Crippen molar-refractivity contribution in [3.05, 3.63) is 23.4 Å². The van der Waals surface area contributed by atoms with E-state index in [1.54, 1.807) is 0 Å². The number of hydrogen-bond donors (Lipinski definition) is 1. The fourth-order valence-corrected chi connectivity index (χ4v) is 3.31. The zero-order valence-electron chi connectivity index (χ0n) is 12.6. The molecule has 5 nitrogen and oxygen atoms in total. The van der Waals surface area contributed by atoms with Crippen LogP contribution >= 0.6 is 0 Å². The first-order valence-corrected chi connectivity index (χ1v) is 8.99. The van der Waals surface area contributed by atoms with Crippen LogP contribution in [0.15, 0.2) is 10.5 Å². The largest absolute Gasteiger partial charge is 0.442 e. The van der Waals surface area contributed by atoms with Crippen molar-refractivity contribution in [3.63, 3.8) is 0 Å². The van der Waals surface area contributed by atoms with Crippen molar-refractivity contribution in [1.82, 2.24) is 4.98 Å². The normalized spacial score (nSPS) is 18.6. The van der Waals surface area contributed by atoms with E-state index in [4.69, 9.17) is 8.97 Å². The number of nitrogens with zero attached hydrogens (tertiary/aromatic N) is 1. The lowest BCUT2D eigenvalue weighted by atomic mass is 9.88. The molecule has 6 heteroatoms. The van der Waals surface area contributed by atoms with Gasteiger partial charge in [-0.05, 0) is 44.1 Å². The van der Waals surface area contributed by atoms with Gasteiger partial charge in [-0.25, -0.2) is 4.98 Å². The van der Waals surface area contributed by atoms with Crippen LogP contribution in [-0.2, 0) is 16.5 Å². The highest BCUT2D eigenvalue weighted by molar-refractivity contribution is 7.85. The van der Waals surface area contributed by atoms with Gasteiger partial charge in [0.25, 0.3) is 10.1 Å². The zero-order valence-corrected chi connectivity index (χ0v) is 13.4. The molecule has 0 radical (unpaired) electrons. The van der Waals surface area contributed by atoms with Gasteiger partial charge in [-0.3, -0.25) is 4.55 Å². The number of aryl methyl sites for hydroxylation is 2. The molecule has 1 fully saturated rings. The van der Waals surface area contributed by atoms with Crippen LogP contribution in [0.2, 0.25) is 0 Å². The summed E-state index contributed by atoms with van der Waals surface area (Å²) < 4.78 is 35.7. The van der Waals surface area contributed by atoms with E-state index in [1.165, 1.54) is 25.7 Å². The van der Waals surface area contributed by atoms with Gasteiger partial charge >= 0.3 is 0 Å². The molecule has 1 aromatic rings. The summed E-state index contributed by atoms with van der Waals surface area (Å²) in [7, 11) is -3.90. The second kappa shape index (κ2) is 6.32. The third-order valence-corrected chi connectivity index (χ3v) is 4.90. The Morgan fingerprint density at radius 3 is 2.67 bits per heavy atom. The maximum absolute atomic E-state index is 10.7. The zero-order chi connectivity index (χ0) is 15.5. The molecule has 1 N–H and O–H groups in total. The Bertz CT molecular complexity index is 610. The summed E-state index contributed by atoms with van der Waals surface area (Å²) in [6, 6.07) is 0. The number of aromatic nitrogens is 1. The van der Waals surface area contributed by atoms with Crippen molar-refractivity contribution >= 4 is 16.2 Å². The van der Waals surface area contributed by atoms with E-state index >= 15 is 0 Å². The lowest BCUT2D eigenvalue weighted by molar-refractivity contribution is 0.446. The molecule has 0 spiro atoms. The molecule has 1 heterocycles. The fraction of sp³-hybridized carbons (Fsp3) is 0.667. The highest BCUT2D eigenvalue weighted by Crippen LogP contribution is 2.39. The fourth-order valence-electron chi connectivity index (χ4n) is 2.80. The third-order valence-electron chi connectivity index (χ3n) is 4.10. The van der Waals surface area contributed by atoms with Crippen molar-refractivity contribution in [1.29, 1.82) is 0 Å². The van der Waals surface area contributed by atoms with Crippen LogP contribution in [0, 0.1) is 12.3 Å². The van der Waals surface area contributed by atoms with E-state index in [2.05, 4.69) is 18.0 Å². The minimum absolute atomic E-state index is 0.244. The molecule has 1 saturated carbocycles. The summed E-state index contributed by atoms with van der Waals surface area (Å²) in [4.78, 5) is 4.39. The SMILES string of the molecule is Cc1oc(/C=C/C2(C)CCCC2)nc1CCCS(=O)(=O)O. The first kappa shape index (κ1) is 16.2. The van der Waals surface area contributed by atoms with Gasteiger partial charge in [-0.15, -0.1) is 0 Å². The van der Waals surface area contributed by atoms with E-state index in [0.29, 0.717) is 24.5 Å². The summed E-state index contributed by atoms with van der Waals surface area (Å²) in [6.45, 7) is 4.07.